The van der Waals surface area contributed by atoms with Crippen LogP contribution in [-0.2, 0) is 19.4 Å². The Kier molecular flexibility index (Phi) is 4.70. The molecular weight excluding hydrogens is 308 g/mol. The molecule has 0 heterocycles. The molecule has 1 aromatic carbocycles. The summed E-state index contributed by atoms with van der Waals surface area (Å²) >= 11 is 3.21. The standard InChI is InChI=1S/C11H13BrO4S/c1-8(6-11(13)16-2)17(14,15)10-5-3-4-9(12)7-10/h3-5,7-8H,6H2,1-2H3. The van der Waals surface area contributed by atoms with E-state index in [4.69, 9.17) is 0 Å². The predicted molar refractivity (Wildman–Crippen MR) is 67.4 cm³/mol. The summed E-state index contributed by atoms with van der Waals surface area (Å²) in [5, 5.41) is -0.802. The molecule has 94 valence electrons. The van der Waals surface area contributed by atoms with Crippen LogP contribution in [0.2, 0.25) is 0 Å². The maximum atomic E-state index is 12.1. The Morgan fingerprint density at radius 1 is 1.47 bits per heavy atom. The molecule has 6 heteroatoms. The van der Waals surface area contributed by atoms with Gasteiger partial charge in [-0.2, -0.15) is 0 Å². The number of hydrogen-bond acceptors (Lipinski definition) is 4. The largest absolute Gasteiger partial charge is 0.469 e. The van der Waals surface area contributed by atoms with E-state index < -0.39 is 21.1 Å². The van der Waals surface area contributed by atoms with Crippen LogP contribution in [0.3, 0.4) is 0 Å². The number of carbonyl (C=O) groups is 1. The zero-order chi connectivity index (χ0) is 13.1. The third-order valence-electron chi connectivity index (χ3n) is 2.34. The van der Waals surface area contributed by atoms with Crippen molar-refractivity contribution in [1.29, 1.82) is 0 Å². The van der Waals surface area contributed by atoms with E-state index in [-0.39, 0.29) is 11.3 Å². The molecule has 1 atom stereocenters. The lowest BCUT2D eigenvalue weighted by Crippen LogP contribution is -2.22. The van der Waals surface area contributed by atoms with Crippen molar-refractivity contribution in [2.45, 2.75) is 23.5 Å². The van der Waals surface area contributed by atoms with Gasteiger partial charge < -0.3 is 4.74 Å². The summed E-state index contributed by atoms with van der Waals surface area (Å²) in [5.41, 5.74) is 0. The van der Waals surface area contributed by atoms with Gasteiger partial charge in [0.25, 0.3) is 0 Å². The Morgan fingerprint density at radius 3 is 2.65 bits per heavy atom. The number of ether oxygens (including phenoxy) is 1. The molecule has 0 fully saturated rings. The number of methoxy groups -OCH3 is 1. The van der Waals surface area contributed by atoms with E-state index >= 15 is 0 Å². The zero-order valence-electron chi connectivity index (χ0n) is 9.51. The van der Waals surface area contributed by atoms with Crippen LogP contribution in [0.5, 0.6) is 0 Å². The third-order valence-corrected chi connectivity index (χ3v) is 4.97. The van der Waals surface area contributed by atoms with Crippen molar-refractivity contribution in [3.63, 3.8) is 0 Å². The molecule has 0 aromatic heterocycles. The van der Waals surface area contributed by atoms with E-state index in [1.54, 1.807) is 12.1 Å². The Labute approximate surface area is 109 Å². The molecule has 1 unspecified atom stereocenters. The molecule has 0 spiro atoms. The fourth-order valence-corrected chi connectivity index (χ4v) is 3.23. The minimum Gasteiger partial charge on any atom is -0.469 e. The lowest BCUT2D eigenvalue weighted by atomic mass is 10.3. The molecule has 0 saturated heterocycles. The molecule has 0 N–H and O–H groups in total. The highest BCUT2D eigenvalue weighted by atomic mass is 79.9. The highest BCUT2D eigenvalue weighted by molar-refractivity contribution is 9.10. The van der Waals surface area contributed by atoms with E-state index in [0.717, 1.165) is 0 Å². The Balaban J connectivity index is 2.99. The smallest absolute Gasteiger partial charge is 0.306 e. The molecule has 0 aliphatic carbocycles. The fraction of sp³-hybridized carbons (Fsp3) is 0.364. The van der Waals surface area contributed by atoms with Crippen LogP contribution in [0.1, 0.15) is 13.3 Å². The first kappa shape index (κ1) is 14.2. The topological polar surface area (TPSA) is 60.4 Å². The monoisotopic (exact) mass is 320 g/mol. The van der Waals surface area contributed by atoms with E-state index in [1.807, 2.05) is 0 Å². The number of halogens is 1. The normalized spacial score (nSPS) is 13.1. The highest BCUT2D eigenvalue weighted by Crippen LogP contribution is 2.21. The van der Waals surface area contributed by atoms with Crippen molar-refractivity contribution in [3.05, 3.63) is 28.7 Å². The first-order valence-corrected chi connectivity index (χ1v) is 7.28. The summed E-state index contributed by atoms with van der Waals surface area (Å²) in [6.45, 7) is 1.49. The minimum absolute atomic E-state index is 0.147. The van der Waals surface area contributed by atoms with E-state index in [2.05, 4.69) is 20.7 Å². The minimum atomic E-state index is -3.50. The highest BCUT2D eigenvalue weighted by Gasteiger charge is 2.26. The first-order valence-electron chi connectivity index (χ1n) is 4.94. The molecule has 0 aliphatic heterocycles. The van der Waals surface area contributed by atoms with Crippen LogP contribution < -0.4 is 0 Å². The molecule has 0 aliphatic rings. The molecule has 0 amide bonds. The molecule has 1 aromatic rings. The number of hydrogen-bond donors (Lipinski definition) is 0. The number of rotatable bonds is 4. The van der Waals surface area contributed by atoms with Crippen molar-refractivity contribution >= 4 is 31.7 Å². The quantitative estimate of drug-likeness (QED) is 0.798. The average molecular weight is 321 g/mol. The number of carbonyl (C=O) groups excluding carboxylic acids is 1. The van der Waals surface area contributed by atoms with Gasteiger partial charge in [0.1, 0.15) is 0 Å². The number of benzene rings is 1. The summed E-state index contributed by atoms with van der Waals surface area (Å²) in [6, 6.07) is 6.41. The van der Waals surface area contributed by atoms with Crippen LogP contribution in [0, 0.1) is 0 Å². The number of esters is 1. The second-order valence-corrected chi connectivity index (χ2v) is 6.88. The summed E-state index contributed by atoms with van der Waals surface area (Å²) in [7, 11) is -2.26. The second kappa shape index (κ2) is 5.64. The summed E-state index contributed by atoms with van der Waals surface area (Å²) in [6.07, 6.45) is -0.147. The van der Waals surface area contributed by atoms with Gasteiger partial charge in [0.2, 0.25) is 0 Å². The Bertz CT molecular complexity index is 510. The van der Waals surface area contributed by atoms with Gasteiger partial charge in [0.05, 0.1) is 23.7 Å². The lowest BCUT2D eigenvalue weighted by molar-refractivity contribution is -0.140. The van der Waals surface area contributed by atoms with Gasteiger partial charge in [-0.15, -0.1) is 0 Å². The van der Waals surface area contributed by atoms with Gasteiger partial charge in [-0.3, -0.25) is 4.79 Å². The van der Waals surface area contributed by atoms with Crippen molar-refractivity contribution in [1.82, 2.24) is 0 Å². The predicted octanol–water partition coefficient (Wildman–Crippen LogP) is 2.17. The van der Waals surface area contributed by atoms with Gasteiger partial charge in [-0.25, -0.2) is 8.42 Å². The Hall–Kier alpha value is -0.880. The summed E-state index contributed by atoms with van der Waals surface area (Å²) in [4.78, 5) is 11.3. The average Bonchev–Trinajstić information content (AvgIpc) is 2.28. The summed E-state index contributed by atoms with van der Waals surface area (Å²) < 4.78 is 29.4. The van der Waals surface area contributed by atoms with Crippen LogP contribution in [0.15, 0.2) is 33.6 Å². The SMILES string of the molecule is COC(=O)CC(C)S(=O)(=O)c1cccc(Br)c1. The van der Waals surface area contributed by atoms with Gasteiger partial charge in [-0.1, -0.05) is 22.0 Å². The van der Waals surface area contributed by atoms with E-state index in [0.29, 0.717) is 4.47 Å². The van der Waals surface area contributed by atoms with Crippen molar-refractivity contribution in [3.8, 4) is 0 Å². The maximum Gasteiger partial charge on any atom is 0.306 e. The van der Waals surface area contributed by atoms with Crippen molar-refractivity contribution in [2.24, 2.45) is 0 Å². The number of sulfone groups is 1. The van der Waals surface area contributed by atoms with E-state index in [9.17, 15) is 13.2 Å². The second-order valence-electron chi connectivity index (χ2n) is 3.59. The van der Waals surface area contributed by atoms with Crippen LogP contribution >= 0.6 is 15.9 Å². The van der Waals surface area contributed by atoms with Crippen LogP contribution in [0.4, 0.5) is 0 Å². The fourth-order valence-electron chi connectivity index (χ4n) is 1.30. The molecule has 17 heavy (non-hydrogen) atoms. The van der Waals surface area contributed by atoms with Crippen LogP contribution in [-0.4, -0.2) is 26.7 Å². The molecular formula is C11H13BrO4S. The van der Waals surface area contributed by atoms with Gasteiger partial charge in [0, 0.05) is 4.47 Å². The third kappa shape index (κ3) is 3.54. The van der Waals surface area contributed by atoms with E-state index in [1.165, 1.54) is 26.2 Å². The zero-order valence-corrected chi connectivity index (χ0v) is 11.9. The van der Waals surface area contributed by atoms with Crippen LogP contribution in [0.25, 0.3) is 0 Å². The molecule has 0 radical (unpaired) electrons. The van der Waals surface area contributed by atoms with Gasteiger partial charge in [-0.05, 0) is 25.1 Å². The van der Waals surface area contributed by atoms with Crippen molar-refractivity contribution < 1.29 is 17.9 Å². The molecule has 4 nitrogen and oxygen atoms in total. The Morgan fingerprint density at radius 2 is 2.12 bits per heavy atom. The van der Waals surface area contributed by atoms with Crippen molar-refractivity contribution in [2.75, 3.05) is 7.11 Å². The lowest BCUT2D eigenvalue weighted by Gasteiger charge is -2.11. The maximum absolute atomic E-state index is 12.1. The molecule has 1 rings (SSSR count). The molecule has 0 saturated carbocycles. The molecule has 0 bridgehead atoms. The first-order chi connectivity index (χ1) is 7.87. The van der Waals surface area contributed by atoms with Gasteiger partial charge >= 0.3 is 5.97 Å². The van der Waals surface area contributed by atoms with Gasteiger partial charge in [0.15, 0.2) is 9.84 Å². The summed E-state index contributed by atoms with van der Waals surface area (Å²) in [5.74, 6) is -0.531.